The standard InChI is InChI=1S/C17H32N2O/c1-3-10-17(11-4-12-19-17)16(20)18-13-9-15-7-5-14(2)6-8-15/h14-15,19H,3-13H2,1-2H3,(H,18,20). The first-order valence-corrected chi connectivity index (χ1v) is 8.69. The summed E-state index contributed by atoms with van der Waals surface area (Å²) in [5, 5.41) is 6.66. The first kappa shape index (κ1) is 15.8. The van der Waals surface area contributed by atoms with Gasteiger partial charge in [0.1, 0.15) is 0 Å². The molecule has 1 saturated carbocycles. The van der Waals surface area contributed by atoms with Gasteiger partial charge in [-0.05, 0) is 44.1 Å². The van der Waals surface area contributed by atoms with Gasteiger partial charge < -0.3 is 10.6 Å². The highest BCUT2D eigenvalue weighted by atomic mass is 16.2. The predicted molar refractivity (Wildman–Crippen MR) is 83.6 cm³/mol. The maximum atomic E-state index is 12.5. The molecule has 1 aliphatic heterocycles. The molecular formula is C17H32N2O. The number of carbonyl (C=O) groups excluding carboxylic acids is 1. The Morgan fingerprint density at radius 2 is 2.05 bits per heavy atom. The van der Waals surface area contributed by atoms with Crippen LogP contribution in [0.5, 0.6) is 0 Å². The number of amides is 1. The third-order valence-electron chi connectivity index (χ3n) is 5.33. The highest BCUT2D eigenvalue weighted by Crippen LogP contribution is 2.30. The van der Waals surface area contributed by atoms with E-state index in [4.69, 9.17) is 0 Å². The van der Waals surface area contributed by atoms with Crippen molar-refractivity contribution in [1.82, 2.24) is 10.6 Å². The minimum Gasteiger partial charge on any atom is -0.354 e. The van der Waals surface area contributed by atoms with Gasteiger partial charge in [0.15, 0.2) is 0 Å². The minimum atomic E-state index is -0.254. The Morgan fingerprint density at radius 1 is 1.30 bits per heavy atom. The summed E-state index contributed by atoms with van der Waals surface area (Å²) in [4.78, 5) is 12.5. The van der Waals surface area contributed by atoms with Crippen LogP contribution in [0, 0.1) is 11.8 Å². The van der Waals surface area contributed by atoms with Crippen molar-refractivity contribution in [2.45, 2.75) is 77.2 Å². The number of hydrogen-bond acceptors (Lipinski definition) is 2. The van der Waals surface area contributed by atoms with Crippen molar-refractivity contribution in [2.75, 3.05) is 13.1 Å². The normalized spacial score (nSPS) is 34.1. The van der Waals surface area contributed by atoms with Crippen molar-refractivity contribution in [2.24, 2.45) is 11.8 Å². The van der Waals surface area contributed by atoms with Crippen LogP contribution in [0.2, 0.25) is 0 Å². The Kier molecular flexibility index (Phi) is 5.88. The van der Waals surface area contributed by atoms with Gasteiger partial charge in [-0.1, -0.05) is 46.0 Å². The molecule has 1 amide bonds. The summed E-state index contributed by atoms with van der Waals surface area (Å²) >= 11 is 0. The van der Waals surface area contributed by atoms with E-state index in [1.807, 2.05) is 0 Å². The van der Waals surface area contributed by atoms with Gasteiger partial charge in [0.05, 0.1) is 5.54 Å². The van der Waals surface area contributed by atoms with Crippen LogP contribution in [-0.4, -0.2) is 24.5 Å². The molecule has 0 radical (unpaired) electrons. The van der Waals surface area contributed by atoms with E-state index in [-0.39, 0.29) is 11.4 Å². The number of carbonyl (C=O) groups is 1. The zero-order chi connectivity index (χ0) is 14.4. The zero-order valence-corrected chi connectivity index (χ0v) is 13.3. The molecule has 1 heterocycles. The van der Waals surface area contributed by atoms with Gasteiger partial charge in [0.2, 0.25) is 5.91 Å². The summed E-state index contributed by atoms with van der Waals surface area (Å²) in [5.41, 5.74) is -0.254. The maximum absolute atomic E-state index is 12.5. The summed E-state index contributed by atoms with van der Waals surface area (Å²) in [6.07, 6.45) is 10.8. The molecule has 2 N–H and O–H groups in total. The van der Waals surface area contributed by atoms with E-state index in [1.54, 1.807) is 0 Å². The SMILES string of the molecule is CCCC1(C(=O)NCCC2CCC(C)CC2)CCCN1. The molecule has 1 aliphatic carbocycles. The first-order chi connectivity index (χ1) is 9.66. The fourth-order valence-electron chi connectivity index (χ4n) is 3.93. The van der Waals surface area contributed by atoms with E-state index < -0.39 is 0 Å². The maximum Gasteiger partial charge on any atom is 0.240 e. The van der Waals surface area contributed by atoms with Crippen molar-refractivity contribution in [3.8, 4) is 0 Å². The Labute approximate surface area is 124 Å². The summed E-state index contributed by atoms with van der Waals surface area (Å²) in [6, 6.07) is 0. The molecule has 0 spiro atoms. The van der Waals surface area contributed by atoms with E-state index in [0.29, 0.717) is 0 Å². The van der Waals surface area contributed by atoms with Gasteiger partial charge in [0.25, 0.3) is 0 Å². The number of hydrogen-bond donors (Lipinski definition) is 2. The smallest absolute Gasteiger partial charge is 0.240 e. The molecule has 2 aliphatic rings. The fourth-order valence-corrected chi connectivity index (χ4v) is 3.93. The Morgan fingerprint density at radius 3 is 2.65 bits per heavy atom. The van der Waals surface area contributed by atoms with Gasteiger partial charge in [-0.15, -0.1) is 0 Å². The molecule has 116 valence electrons. The van der Waals surface area contributed by atoms with Crippen molar-refractivity contribution < 1.29 is 4.79 Å². The Balaban J connectivity index is 1.71. The molecule has 1 atom stereocenters. The Bertz CT molecular complexity index is 302. The van der Waals surface area contributed by atoms with Gasteiger partial charge in [-0.3, -0.25) is 4.79 Å². The lowest BCUT2D eigenvalue weighted by Crippen LogP contribution is -2.53. The van der Waals surface area contributed by atoms with Crippen molar-refractivity contribution in [1.29, 1.82) is 0 Å². The lowest BCUT2D eigenvalue weighted by molar-refractivity contribution is -0.127. The molecule has 0 aromatic heterocycles. The molecule has 3 nitrogen and oxygen atoms in total. The third-order valence-corrected chi connectivity index (χ3v) is 5.33. The molecule has 0 bridgehead atoms. The van der Waals surface area contributed by atoms with Crippen molar-refractivity contribution in [3.63, 3.8) is 0 Å². The Hall–Kier alpha value is -0.570. The quantitative estimate of drug-likeness (QED) is 0.784. The lowest BCUT2D eigenvalue weighted by atomic mass is 9.81. The second-order valence-electron chi connectivity index (χ2n) is 7.03. The first-order valence-electron chi connectivity index (χ1n) is 8.69. The molecule has 3 heteroatoms. The average molecular weight is 280 g/mol. The van der Waals surface area contributed by atoms with Gasteiger partial charge in [-0.2, -0.15) is 0 Å². The minimum absolute atomic E-state index is 0.251. The second-order valence-corrected chi connectivity index (χ2v) is 7.03. The monoisotopic (exact) mass is 280 g/mol. The lowest BCUT2D eigenvalue weighted by Gasteiger charge is -2.29. The van der Waals surface area contributed by atoms with Crippen LogP contribution in [0.25, 0.3) is 0 Å². The largest absolute Gasteiger partial charge is 0.354 e. The van der Waals surface area contributed by atoms with Crippen LogP contribution in [0.15, 0.2) is 0 Å². The predicted octanol–water partition coefficient (Wildman–Crippen LogP) is 3.24. The number of rotatable bonds is 6. The van der Waals surface area contributed by atoms with E-state index in [2.05, 4.69) is 24.5 Å². The third kappa shape index (κ3) is 3.97. The molecule has 2 rings (SSSR count). The topological polar surface area (TPSA) is 41.1 Å². The molecule has 1 saturated heterocycles. The average Bonchev–Trinajstić information content (AvgIpc) is 2.91. The van der Waals surface area contributed by atoms with E-state index >= 15 is 0 Å². The summed E-state index contributed by atoms with van der Waals surface area (Å²) in [6.45, 7) is 6.38. The van der Waals surface area contributed by atoms with Gasteiger partial charge in [-0.25, -0.2) is 0 Å². The summed E-state index contributed by atoms with van der Waals surface area (Å²) in [5.74, 6) is 2.00. The summed E-state index contributed by atoms with van der Waals surface area (Å²) < 4.78 is 0. The molecular weight excluding hydrogens is 248 g/mol. The van der Waals surface area contributed by atoms with E-state index in [1.165, 1.54) is 32.1 Å². The highest BCUT2D eigenvalue weighted by molar-refractivity contribution is 5.86. The molecule has 0 aromatic carbocycles. The van der Waals surface area contributed by atoms with Crippen molar-refractivity contribution >= 4 is 5.91 Å². The van der Waals surface area contributed by atoms with Gasteiger partial charge in [0, 0.05) is 6.54 Å². The van der Waals surface area contributed by atoms with Crippen LogP contribution >= 0.6 is 0 Å². The second kappa shape index (κ2) is 7.44. The molecule has 20 heavy (non-hydrogen) atoms. The summed E-state index contributed by atoms with van der Waals surface area (Å²) in [7, 11) is 0. The van der Waals surface area contributed by atoms with Gasteiger partial charge >= 0.3 is 0 Å². The van der Waals surface area contributed by atoms with Crippen LogP contribution in [0.1, 0.15) is 71.6 Å². The fraction of sp³-hybridized carbons (Fsp3) is 0.941. The molecule has 2 fully saturated rings. The van der Waals surface area contributed by atoms with Crippen LogP contribution in [0.4, 0.5) is 0 Å². The van der Waals surface area contributed by atoms with Crippen molar-refractivity contribution in [3.05, 3.63) is 0 Å². The highest BCUT2D eigenvalue weighted by Gasteiger charge is 2.39. The van der Waals surface area contributed by atoms with E-state index in [9.17, 15) is 4.79 Å². The van der Waals surface area contributed by atoms with Crippen LogP contribution in [-0.2, 0) is 4.79 Å². The molecule has 1 unspecified atom stereocenters. The van der Waals surface area contributed by atoms with Crippen LogP contribution < -0.4 is 10.6 Å². The van der Waals surface area contributed by atoms with E-state index in [0.717, 1.165) is 50.6 Å². The van der Waals surface area contributed by atoms with Crippen LogP contribution in [0.3, 0.4) is 0 Å². The number of nitrogens with one attached hydrogen (secondary N) is 2. The zero-order valence-electron chi connectivity index (χ0n) is 13.3. The molecule has 0 aromatic rings.